The van der Waals surface area contributed by atoms with Crippen LogP contribution in [-0.4, -0.2) is 10.1 Å². The van der Waals surface area contributed by atoms with Gasteiger partial charge in [0.25, 0.3) is 5.89 Å². The highest BCUT2D eigenvalue weighted by Crippen LogP contribution is 2.30. The normalized spacial score (nSPS) is 10.8. The van der Waals surface area contributed by atoms with Crippen LogP contribution < -0.4 is 0 Å². The van der Waals surface area contributed by atoms with Crippen LogP contribution in [-0.2, 0) is 0 Å². The lowest BCUT2D eigenvalue weighted by atomic mass is 10.1. The Kier molecular flexibility index (Phi) is 3.59. The Bertz CT molecular complexity index is 753. The minimum absolute atomic E-state index is 0.409. The third kappa shape index (κ3) is 2.62. The topological polar surface area (TPSA) is 38.9 Å². The molecule has 1 aromatic heterocycles. The van der Waals surface area contributed by atoms with E-state index in [4.69, 9.17) is 16.1 Å². The fourth-order valence-electron chi connectivity index (χ4n) is 1.81. The predicted molar refractivity (Wildman–Crippen MR) is 82.6 cm³/mol. The zero-order chi connectivity index (χ0) is 14.1. The highest BCUT2D eigenvalue weighted by Gasteiger charge is 2.13. The molecule has 20 heavy (non-hydrogen) atoms. The summed E-state index contributed by atoms with van der Waals surface area (Å²) in [5, 5.41) is 4.58. The molecule has 0 aliphatic heterocycles. The van der Waals surface area contributed by atoms with Gasteiger partial charge in [-0.15, -0.1) is 0 Å². The maximum atomic E-state index is 6.16. The van der Waals surface area contributed by atoms with Crippen molar-refractivity contribution in [2.24, 2.45) is 0 Å². The monoisotopic (exact) mass is 348 g/mol. The summed E-state index contributed by atoms with van der Waals surface area (Å²) >= 11 is 9.56. The van der Waals surface area contributed by atoms with Gasteiger partial charge in [-0.2, -0.15) is 4.98 Å². The van der Waals surface area contributed by atoms with Gasteiger partial charge in [0, 0.05) is 10.0 Å². The van der Waals surface area contributed by atoms with Crippen molar-refractivity contribution >= 4 is 27.5 Å². The van der Waals surface area contributed by atoms with E-state index in [-0.39, 0.29) is 0 Å². The molecule has 3 aromatic rings. The zero-order valence-electron chi connectivity index (χ0n) is 10.6. The lowest BCUT2D eigenvalue weighted by Crippen LogP contribution is -1.83. The molecule has 0 atom stereocenters. The third-order valence-electron chi connectivity index (χ3n) is 2.89. The van der Waals surface area contributed by atoms with Crippen molar-refractivity contribution in [1.82, 2.24) is 10.1 Å². The first-order valence-electron chi connectivity index (χ1n) is 5.99. The van der Waals surface area contributed by atoms with Crippen molar-refractivity contribution < 1.29 is 4.52 Å². The molecule has 1 heterocycles. The molecule has 0 radical (unpaired) electrons. The van der Waals surface area contributed by atoms with Gasteiger partial charge in [0.05, 0.1) is 10.6 Å². The SMILES string of the molecule is Cc1ccc(-c2noc(-c3cc(Br)ccc3Cl)n2)cc1. The van der Waals surface area contributed by atoms with E-state index in [0.29, 0.717) is 22.3 Å². The molecule has 0 saturated carbocycles. The molecule has 3 nitrogen and oxygen atoms in total. The van der Waals surface area contributed by atoms with Crippen LogP contribution in [0.4, 0.5) is 0 Å². The van der Waals surface area contributed by atoms with Crippen LogP contribution in [0.3, 0.4) is 0 Å². The van der Waals surface area contributed by atoms with Crippen molar-refractivity contribution in [3.05, 3.63) is 57.5 Å². The fourth-order valence-corrected chi connectivity index (χ4v) is 2.37. The summed E-state index contributed by atoms with van der Waals surface area (Å²) in [7, 11) is 0. The summed E-state index contributed by atoms with van der Waals surface area (Å²) in [6.45, 7) is 2.03. The maximum Gasteiger partial charge on any atom is 0.259 e. The zero-order valence-corrected chi connectivity index (χ0v) is 12.9. The Hall–Kier alpha value is -1.65. The first-order chi connectivity index (χ1) is 9.63. The number of rotatable bonds is 2. The molecule has 0 fully saturated rings. The number of halogens is 2. The fraction of sp³-hybridized carbons (Fsp3) is 0.0667. The Morgan fingerprint density at radius 1 is 1.10 bits per heavy atom. The summed E-state index contributed by atoms with van der Waals surface area (Å²) < 4.78 is 6.21. The van der Waals surface area contributed by atoms with Crippen molar-refractivity contribution in [3.8, 4) is 22.8 Å². The quantitative estimate of drug-likeness (QED) is 0.644. The molecule has 3 rings (SSSR count). The molecule has 0 amide bonds. The summed E-state index contributed by atoms with van der Waals surface area (Å²) in [6, 6.07) is 13.5. The summed E-state index contributed by atoms with van der Waals surface area (Å²) in [6.07, 6.45) is 0. The van der Waals surface area contributed by atoms with Gasteiger partial charge in [-0.1, -0.05) is 62.5 Å². The summed E-state index contributed by atoms with van der Waals surface area (Å²) in [4.78, 5) is 4.40. The van der Waals surface area contributed by atoms with Gasteiger partial charge in [0.1, 0.15) is 0 Å². The minimum Gasteiger partial charge on any atom is -0.334 e. The number of nitrogens with zero attached hydrogens (tertiary/aromatic N) is 2. The van der Waals surface area contributed by atoms with E-state index in [0.717, 1.165) is 10.0 Å². The Morgan fingerprint density at radius 3 is 2.60 bits per heavy atom. The Morgan fingerprint density at radius 2 is 1.85 bits per heavy atom. The van der Waals surface area contributed by atoms with Crippen molar-refractivity contribution in [2.45, 2.75) is 6.92 Å². The smallest absolute Gasteiger partial charge is 0.259 e. The van der Waals surface area contributed by atoms with E-state index in [1.165, 1.54) is 5.56 Å². The van der Waals surface area contributed by atoms with E-state index >= 15 is 0 Å². The molecule has 5 heteroatoms. The standard InChI is InChI=1S/C15H10BrClN2O/c1-9-2-4-10(5-3-9)14-18-15(20-19-14)12-8-11(16)6-7-13(12)17/h2-8H,1H3. The molecule has 2 aromatic carbocycles. The molecule has 0 aliphatic rings. The highest BCUT2D eigenvalue weighted by molar-refractivity contribution is 9.10. The molecule has 0 bridgehead atoms. The van der Waals surface area contributed by atoms with Crippen LogP contribution in [0.1, 0.15) is 5.56 Å². The van der Waals surface area contributed by atoms with Gasteiger partial charge in [-0.25, -0.2) is 0 Å². The number of aromatic nitrogens is 2. The van der Waals surface area contributed by atoms with E-state index in [1.54, 1.807) is 6.07 Å². The van der Waals surface area contributed by atoms with Crippen LogP contribution in [0.25, 0.3) is 22.8 Å². The van der Waals surface area contributed by atoms with Crippen molar-refractivity contribution in [3.63, 3.8) is 0 Å². The first-order valence-corrected chi connectivity index (χ1v) is 7.17. The number of benzene rings is 2. The average Bonchev–Trinajstić information content (AvgIpc) is 2.92. The van der Waals surface area contributed by atoms with Gasteiger partial charge in [-0.3, -0.25) is 0 Å². The van der Waals surface area contributed by atoms with Crippen LogP contribution in [0, 0.1) is 6.92 Å². The van der Waals surface area contributed by atoms with E-state index < -0.39 is 0 Å². The number of hydrogen-bond donors (Lipinski definition) is 0. The second kappa shape index (κ2) is 5.38. The first kappa shape index (κ1) is 13.3. The lowest BCUT2D eigenvalue weighted by molar-refractivity contribution is 0.432. The van der Waals surface area contributed by atoms with Crippen LogP contribution in [0.2, 0.25) is 5.02 Å². The van der Waals surface area contributed by atoms with Crippen LogP contribution in [0.15, 0.2) is 51.5 Å². The summed E-state index contributed by atoms with van der Waals surface area (Å²) in [5.74, 6) is 0.961. The average molecular weight is 350 g/mol. The third-order valence-corrected chi connectivity index (χ3v) is 3.72. The lowest BCUT2D eigenvalue weighted by Gasteiger charge is -1.98. The van der Waals surface area contributed by atoms with Gasteiger partial charge in [-0.05, 0) is 25.1 Å². The number of hydrogen-bond acceptors (Lipinski definition) is 3. The number of aryl methyl sites for hydroxylation is 1. The minimum atomic E-state index is 0.409. The van der Waals surface area contributed by atoms with Crippen molar-refractivity contribution in [1.29, 1.82) is 0 Å². The van der Waals surface area contributed by atoms with Gasteiger partial charge in [0.2, 0.25) is 5.82 Å². The second-order valence-corrected chi connectivity index (χ2v) is 5.74. The van der Waals surface area contributed by atoms with Gasteiger partial charge < -0.3 is 4.52 Å². The van der Waals surface area contributed by atoms with Crippen LogP contribution in [0.5, 0.6) is 0 Å². The Balaban J connectivity index is 2.01. The molecule has 0 spiro atoms. The van der Waals surface area contributed by atoms with Gasteiger partial charge in [0.15, 0.2) is 0 Å². The largest absolute Gasteiger partial charge is 0.334 e. The molecule has 0 unspecified atom stereocenters. The molecular formula is C15H10BrClN2O. The molecule has 0 saturated heterocycles. The van der Waals surface area contributed by atoms with E-state index in [9.17, 15) is 0 Å². The maximum absolute atomic E-state index is 6.16. The molecule has 0 aliphatic carbocycles. The van der Waals surface area contributed by atoms with Crippen LogP contribution >= 0.6 is 27.5 Å². The molecule has 0 N–H and O–H groups in total. The van der Waals surface area contributed by atoms with Gasteiger partial charge >= 0.3 is 0 Å². The molecular weight excluding hydrogens is 340 g/mol. The Labute approximate surface area is 129 Å². The van der Waals surface area contributed by atoms with E-state index in [1.807, 2.05) is 43.3 Å². The highest BCUT2D eigenvalue weighted by atomic mass is 79.9. The summed E-state index contributed by atoms with van der Waals surface area (Å²) in [5.41, 5.74) is 2.82. The van der Waals surface area contributed by atoms with E-state index in [2.05, 4.69) is 26.1 Å². The second-order valence-electron chi connectivity index (χ2n) is 4.41. The van der Waals surface area contributed by atoms with Crippen molar-refractivity contribution in [2.75, 3.05) is 0 Å². The predicted octanol–water partition coefficient (Wildman–Crippen LogP) is 5.13. The molecule has 100 valence electrons.